The third-order valence-corrected chi connectivity index (χ3v) is 5.57. The Hall–Kier alpha value is -3.90. The Morgan fingerprint density at radius 1 is 0.939 bits per heavy atom. The lowest BCUT2D eigenvalue weighted by Gasteiger charge is -2.10. The van der Waals surface area contributed by atoms with E-state index in [1.165, 1.54) is 11.1 Å². The van der Waals surface area contributed by atoms with Crippen LogP contribution in [-0.4, -0.2) is 15.9 Å². The van der Waals surface area contributed by atoms with Crippen molar-refractivity contribution in [2.24, 2.45) is 0 Å². The minimum Gasteiger partial charge on any atom is -0.397 e. The van der Waals surface area contributed by atoms with Gasteiger partial charge in [0.15, 0.2) is 0 Å². The Balaban J connectivity index is 1.43. The molecule has 1 amide bonds. The van der Waals surface area contributed by atoms with E-state index < -0.39 is 0 Å². The lowest BCUT2D eigenvalue weighted by Crippen LogP contribution is -2.13. The van der Waals surface area contributed by atoms with Gasteiger partial charge in [-0.15, -0.1) is 0 Å². The van der Waals surface area contributed by atoms with Crippen LogP contribution >= 0.6 is 11.6 Å². The van der Waals surface area contributed by atoms with Crippen molar-refractivity contribution in [3.63, 3.8) is 0 Å². The van der Waals surface area contributed by atoms with Gasteiger partial charge in [0.1, 0.15) is 5.15 Å². The molecule has 0 fully saturated rings. The Morgan fingerprint density at radius 3 is 2.42 bits per heavy atom. The molecule has 33 heavy (non-hydrogen) atoms. The van der Waals surface area contributed by atoms with Crippen LogP contribution < -0.4 is 16.4 Å². The number of nitrogen functional groups attached to an aromatic ring is 1. The van der Waals surface area contributed by atoms with E-state index in [9.17, 15) is 4.79 Å². The monoisotopic (exact) mass is 457 g/mol. The Morgan fingerprint density at radius 2 is 1.70 bits per heavy atom. The number of halogens is 1. The molecule has 0 aliphatic rings. The molecular weight excluding hydrogens is 434 g/mol. The highest BCUT2D eigenvalue weighted by atomic mass is 35.5. The summed E-state index contributed by atoms with van der Waals surface area (Å²) in [4.78, 5) is 21.4. The third kappa shape index (κ3) is 5.48. The second kappa shape index (κ2) is 9.71. The highest BCUT2D eigenvalue weighted by Crippen LogP contribution is 2.24. The fourth-order valence-electron chi connectivity index (χ4n) is 3.31. The summed E-state index contributed by atoms with van der Waals surface area (Å²) in [6.45, 7) is 4.63. The van der Waals surface area contributed by atoms with Crippen LogP contribution in [0.15, 0.2) is 72.8 Å². The summed E-state index contributed by atoms with van der Waals surface area (Å²) in [7, 11) is 0. The zero-order valence-electron chi connectivity index (χ0n) is 18.4. The van der Waals surface area contributed by atoms with Crippen molar-refractivity contribution in [2.75, 3.05) is 16.4 Å². The highest BCUT2D eigenvalue weighted by Gasteiger charge is 2.09. The average Bonchev–Trinajstić information content (AvgIpc) is 2.81. The van der Waals surface area contributed by atoms with Crippen molar-refractivity contribution >= 4 is 34.8 Å². The van der Waals surface area contributed by atoms with E-state index in [4.69, 9.17) is 17.3 Å². The maximum Gasteiger partial charge on any atom is 0.255 e. The van der Waals surface area contributed by atoms with Gasteiger partial charge in [0, 0.05) is 23.7 Å². The Kier molecular flexibility index (Phi) is 6.56. The molecule has 0 unspecified atom stereocenters. The summed E-state index contributed by atoms with van der Waals surface area (Å²) in [5.41, 5.74) is 12.7. The van der Waals surface area contributed by atoms with Crippen LogP contribution in [0.25, 0.3) is 11.3 Å². The van der Waals surface area contributed by atoms with Crippen LogP contribution in [0.3, 0.4) is 0 Å². The molecule has 7 heteroatoms. The molecule has 0 aliphatic heterocycles. The number of benzene rings is 3. The number of carbonyl (C=O) groups excluding carboxylic acids is 1. The number of hydrogen-bond donors (Lipinski definition) is 3. The summed E-state index contributed by atoms with van der Waals surface area (Å²) in [6.07, 6.45) is 0. The number of nitrogens with two attached hydrogens (primary N) is 1. The highest BCUT2D eigenvalue weighted by molar-refractivity contribution is 6.29. The molecule has 3 aromatic carbocycles. The van der Waals surface area contributed by atoms with E-state index in [1.54, 1.807) is 30.3 Å². The van der Waals surface area contributed by atoms with Gasteiger partial charge in [0.25, 0.3) is 5.91 Å². The summed E-state index contributed by atoms with van der Waals surface area (Å²) in [5.74, 6) is 0.223. The van der Waals surface area contributed by atoms with Gasteiger partial charge < -0.3 is 16.4 Å². The molecule has 0 spiro atoms. The summed E-state index contributed by atoms with van der Waals surface area (Å²) in [6, 6.07) is 22.4. The number of aryl methyl sites for hydroxylation is 2. The number of amides is 1. The largest absolute Gasteiger partial charge is 0.397 e. The summed E-state index contributed by atoms with van der Waals surface area (Å²) < 4.78 is 0. The molecule has 0 saturated heterocycles. The number of para-hydroxylation sites is 2. The van der Waals surface area contributed by atoms with Crippen molar-refractivity contribution in [3.05, 3.63) is 100 Å². The molecular formula is C26H24ClN5O. The van der Waals surface area contributed by atoms with Gasteiger partial charge in [-0.25, -0.2) is 9.97 Å². The van der Waals surface area contributed by atoms with Crippen LogP contribution in [-0.2, 0) is 6.54 Å². The predicted octanol–water partition coefficient (Wildman–Crippen LogP) is 5.86. The number of nitrogens with zero attached hydrogens (tertiary/aromatic N) is 2. The number of rotatable bonds is 6. The number of hydrogen-bond acceptors (Lipinski definition) is 5. The maximum absolute atomic E-state index is 12.5. The molecule has 6 nitrogen and oxygen atoms in total. The second-order valence-electron chi connectivity index (χ2n) is 7.79. The van der Waals surface area contributed by atoms with E-state index in [-0.39, 0.29) is 5.91 Å². The van der Waals surface area contributed by atoms with Crippen molar-refractivity contribution < 1.29 is 4.79 Å². The fourth-order valence-corrected chi connectivity index (χ4v) is 3.49. The van der Waals surface area contributed by atoms with Gasteiger partial charge in [-0.3, -0.25) is 4.79 Å². The normalized spacial score (nSPS) is 10.6. The molecule has 4 N–H and O–H groups in total. The zero-order chi connectivity index (χ0) is 23.4. The Labute approximate surface area is 197 Å². The van der Waals surface area contributed by atoms with E-state index >= 15 is 0 Å². The molecule has 1 aromatic heterocycles. The van der Waals surface area contributed by atoms with Gasteiger partial charge in [0.05, 0.1) is 17.1 Å². The van der Waals surface area contributed by atoms with Crippen LogP contribution in [0.2, 0.25) is 5.15 Å². The number of nitrogens with one attached hydrogen (secondary N) is 2. The SMILES string of the molecule is Cc1ccc(-c2cc(Cl)nc(NCc3ccc(C(=O)Nc4ccccc4N)cc3)n2)cc1C. The molecule has 166 valence electrons. The number of aromatic nitrogens is 2. The molecule has 0 bridgehead atoms. The molecule has 4 aromatic rings. The van der Waals surface area contributed by atoms with E-state index in [0.29, 0.717) is 34.6 Å². The van der Waals surface area contributed by atoms with Gasteiger partial charge in [0.2, 0.25) is 5.95 Å². The first-order valence-corrected chi connectivity index (χ1v) is 10.9. The Bertz CT molecular complexity index is 1300. The van der Waals surface area contributed by atoms with Crippen molar-refractivity contribution in [1.82, 2.24) is 9.97 Å². The average molecular weight is 458 g/mol. The molecule has 0 radical (unpaired) electrons. The molecule has 0 aliphatic carbocycles. The zero-order valence-corrected chi connectivity index (χ0v) is 19.1. The van der Waals surface area contributed by atoms with Gasteiger partial charge in [-0.1, -0.05) is 48.0 Å². The van der Waals surface area contributed by atoms with Crippen LogP contribution in [0, 0.1) is 13.8 Å². The second-order valence-corrected chi connectivity index (χ2v) is 8.18. The first kappa shape index (κ1) is 22.3. The van der Waals surface area contributed by atoms with E-state index in [2.05, 4.69) is 46.6 Å². The number of anilines is 3. The van der Waals surface area contributed by atoms with Crippen LogP contribution in [0.4, 0.5) is 17.3 Å². The fraction of sp³-hybridized carbons (Fsp3) is 0.115. The van der Waals surface area contributed by atoms with Crippen molar-refractivity contribution in [2.45, 2.75) is 20.4 Å². The quantitative estimate of drug-likeness (QED) is 0.249. The minimum atomic E-state index is -0.219. The first-order valence-electron chi connectivity index (χ1n) is 10.5. The van der Waals surface area contributed by atoms with E-state index in [0.717, 1.165) is 16.8 Å². The lowest BCUT2D eigenvalue weighted by molar-refractivity contribution is 0.102. The predicted molar refractivity (Wildman–Crippen MR) is 135 cm³/mol. The molecule has 0 atom stereocenters. The number of carbonyl (C=O) groups is 1. The third-order valence-electron chi connectivity index (χ3n) is 5.37. The van der Waals surface area contributed by atoms with Crippen molar-refractivity contribution in [1.29, 1.82) is 0 Å². The summed E-state index contributed by atoms with van der Waals surface area (Å²) >= 11 is 6.24. The van der Waals surface area contributed by atoms with Crippen LogP contribution in [0.1, 0.15) is 27.0 Å². The summed E-state index contributed by atoms with van der Waals surface area (Å²) in [5, 5.41) is 6.40. The van der Waals surface area contributed by atoms with Crippen molar-refractivity contribution in [3.8, 4) is 11.3 Å². The molecule has 4 rings (SSSR count). The topological polar surface area (TPSA) is 92.9 Å². The first-order chi connectivity index (χ1) is 15.9. The molecule has 1 heterocycles. The van der Waals surface area contributed by atoms with Gasteiger partial charge in [-0.05, 0) is 60.9 Å². The lowest BCUT2D eigenvalue weighted by atomic mass is 10.0. The van der Waals surface area contributed by atoms with Crippen LogP contribution in [0.5, 0.6) is 0 Å². The minimum absolute atomic E-state index is 0.219. The van der Waals surface area contributed by atoms with Gasteiger partial charge >= 0.3 is 0 Å². The van der Waals surface area contributed by atoms with E-state index in [1.807, 2.05) is 30.3 Å². The standard InChI is InChI=1S/C26H24ClN5O/c1-16-7-10-20(13-17(16)2)23-14-24(27)32-26(31-23)29-15-18-8-11-19(12-9-18)25(33)30-22-6-4-3-5-21(22)28/h3-14H,15,28H2,1-2H3,(H,30,33)(H,29,31,32). The molecule has 0 saturated carbocycles. The van der Waals surface area contributed by atoms with Gasteiger partial charge in [-0.2, -0.15) is 0 Å². The maximum atomic E-state index is 12.5. The smallest absolute Gasteiger partial charge is 0.255 e.